The molecule has 2 heterocycles. The highest BCUT2D eigenvalue weighted by atomic mass is 16.7. The minimum absolute atomic E-state index is 0.0986. The van der Waals surface area contributed by atoms with Gasteiger partial charge in [-0.3, -0.25) is 4.79 Å². The topological polar surface area (TPSA) is 83.1 Å². The Hall–Kier alpha value is -4.00. The molecule has 32 heavy (non-hydrogen) atoms. The van der Waals surface area contributed by atoms with Gasteiger partial charge in [0.15, 0.2) is 11.5 Å². The van der Waals surface area contributed by atoms with Crippen molar-refractivity contribution in [3.63, 3.8) is 0 Å². The Morgan fingerprint density at radius 3 is 2.38 bits per heavy atom. The summed E-state index contributed by atoms with van der Waals surface area (Å²) in [6.45, 7) is 1.78. The van der Waals surface area contributed by atoms with Gasteiger partial charge in [-0.05, 0) is 42.8 Å². The molecule has 0 unspecified atom stereocenters. The summed E-state index contributed by atoms with van der Waals surface area (Å²) >= 11 is 0. The fraction of sp³-hybridized carbons (Fsp3) is 0.200. The maximum Gasteiger partial charge on any atom is 0.337 e. The van der Waals surface area contributed by atoms with Crippen LogP contribution in [0.15, 0.2) is 66.7 Å². The van der Waals surface area contributed by atoms with Gasteiger partial charge in [-0.2, -0.15) is 0 Å². The number of carbonyl (C=O) groups excluding carboxylic acids is 2. The molecule has 0 aromatic heterocycles. The van der Waals surface area contributed by atoms with Gasteiger partial charge in [0.1, 0.15) is 17.0 Å². The van der Waals surface area contributed by atoms with Crippen molar-refractivity contribution in [2.24, 2.45) is 0 Å². The molecule has 0 saturated heterocycles. The maximum atomic E-state index is 13.3. The minimum atomic E-state index is -1.37. The Balaban J connectivity index is 1.63. The first kappa shape index (κ1) is 19.9. The van der Waals surface area contributed by atoms with Crippen molar-refractivity contribution in [2.75, 3.05) is 13.9 Å². The molecule has 1 amide bonds. The fourth-order valence-corrected chi connectivity index (χ4v) is 4.22. The lowest BCUT2D eigenvalue weighted by atomic mass is 9.73. The van der Waals surface area contributed by atoms with Crippen LogP contribution in [-0.2, 0) is 4.79 Å². The summed E-state index contributed by atoms with van der Waals surface area (Å²) in [5.74, 6) is 0.687. The standard InChI is InChI=1S/C25H21NO6/c1-25(26-23(27)16-6-4-3-5-7-16)22(15-8-10-17(29-2)11-9-15)18-12-20-21(31-14-30-20)13-19(18)32-24(25)28/h3-13,22H,14H2,1-2H3,(H,26,27)/t22-,25-/m1/s1. The van der Waals surface area contributed by atoms with Gasteiger partial charge in [-0.15, -0.1) is 0 Å². The highest BCUT2D eigenvalue weighted by Crippen LogP contribution is 2.49. The predicted molar refractivity (Wildman–Crippen MR) is 115 cm³/mol. The molecule has 0 spiro atoms. The van der Waals surface area contributed by atoms with Crippen LogP contribution in [0.25, 0.3) is 0 Å². The molecule has 5 rings (SSSR count). The van der Waals surface area contributed by atoms with E-state index >= 15 is 0 Å². The number of nitrogens with one attached hydrogen (secondary N) is 1. The van der Waals surface area contributed by atoms with Crippen molar-refractivity contribution in [1.29, 1.82) is 0 Å². The van der Waals surface area contributed by atoms with Crippen LogP contribution < -0.4 is 24.3 Å². The number of amides is 1. The largest absolute Gasteiger partial charge is 0.497 e. The van der Waals surface area contributed by atoms with Crippen LogP contribution in [0.1, 0.15) is 34.3 Å². The number of rotatable bonds is 4. The van der Waals surface area contributed by atoms with Gasteiger partial charge >= 0.3 is 5.97 Å². The van der Waals surface area contributed by atoms with Gasteiger partial charge in [-0.25, -0.2) is 4.79 Å². The average Bonchev–Trinajstić information content (AvgIpc) is 3.27. The number of fused-ring (bicyclic) bond motifs is 2. The number of ether oxygens (including phenoxy) is 4. The molecule has 2 aliphatic heterocycles. The Morgan fingerprint density at radius 1 is 1.00 bits per heavy atom. The van der Waals surface area contributed by atoms with Crippen LogP contribution in [0, 0.1) is 0 Å². The Bertz CT molecular complexity index is 1190. The third kappa shape index (κ3) is 3.22. The van der Waals surface area contributed by atoms with E-state index < -0.39 is 17.4 Å². The molecule has 2 atom stereocenters. The minimum Gasteiger partial charge on any atom is -0.497 e. The van der Waals surface area contributed by atoms with Crippen LogP contribution >= 0.6 is 0 Å². The summed E-state index contributed by atoms with van der Waals surface area (Å²) in [6.07, 6.45) is 0. The van der Waals surface area contributed by atoms with Crippen LogP contribution in [0.2, 0.25) is 0 Å². The molecule has 3 aromatic rings. The zero-order chi connectivity index (χ0) is 22.3. The lowest BCUT2D eigenvalue weighted by molar-refractivity contribution is -0.143. The quantitative estimate of drug-likeness (QED) is 0.501. The summed E-state index contributed by atoms with van der Waals surface area (Å²) in [4.78, 5) is 26.4. The number of hydrogen-bond donors (Lipinski definition) is 1. The second-order valence-electron chi connectivity index (χ2n) is 7.86. The van der Waals surface area contributed by atoms with E-state index in [4.69, 9.17) is 18.9 Å². The Labute approximate surface area is 184 Å². The van der Waals surface area contributed by atoms with Crippen LogP contribution in [0.5, 0.6) is 23.0 Å². The van der Waals surface area contributed by atoms with Crippen molar-refractivity contribution in [3.05, 3.63) is 83.4 Å². The molecule has 7 nitrogen and oxygen atoms in total. The van der Waals surface area contributed by atoms with Crippen LogP contribution in [0.4, 0.5) is 0 Å². The average molecular weight is 431 g/mol. The van der Waals surface area contributed by atoms with Crippen molar-refractivity contribution >= 4 is 11.9 Å². The smallest absolute Gasteiger partial charge is 0.337 e. The molecule has 2 aliphatic rings. The SMILES string of the molecule is COc1ccc([C@@H]2c3cc4c(cc3OC(=O)[C@]2(C)NC(=O)c2ccccc2)OCO4)cc1. The Kier molecular flexibility index (Phi) is 4.74. The lowest BCUT2D eigenvalue weighted by Crippen LogP contribution is -2.60. The summed E-state index contributed by atoms with van der Waals surface area (Å²) in [5, 5.41) is 2.93. The first-order chi connectivity index (χ1) is 15.5. The lowest BCUT2D eigenvalue weighted by Gasteiger charge is -2.41. The molecule has 0 bridgehead atoms. The zero-order valence-corrected chi connectivity index (χ0v) is 17.6. The molecule has 0 saturated carbocycles. The first-order valence-electron chi connectivity index (χ1n) is 10.2. The van der Waals surface area contributed by atoms with Gasteiger partial charge in [0.2, 0.25) is 6.79 Å². The van der Waals surface area contributed by atoms with Crippen molar-refractivity contribution in [2.45, 2.75) is 18.4 Å². The molecule has 7 heteroatoms. The predicted octanol–water partition coefficient (Wildman–Crippen LogP) is 3.66. The van der Waals surface area contributed by atoms with Crippen molar-refractivity contribution in [1.82, 2.24) is 5.32 Å². The van der Waals surface area contributed by atoms with E-state index in [1.165, 1.54) is 0 Å². The molecule has 1 N–H and O–H groups in total. The number of esters is 1. The van der Waals surface area contributed by atoms with E-state index in [2.05, 4.69) is 5.32 Å². The monoisotopic (exact) mass is 431 g/mol. The van der Waals surface area contributed by atoms with Gasteiger partial charge in [0.25, 0.3) is 5.91 Å². The molecule has 0 radical (unpaired) electrons. The summed E-state index contributed by atoms with van der Waals surface area (Å²) in [6, 6.07) is 19.6. The van der Waals surface area contributed by atoms with Gasteiger partial charge < -0.3 is 24.3 Å². The molecule has 0 fully saturated rings. The maximum absolute atomic E-state index is 13.3. The highest BCUT2D eigenvalue weighted by Gasteiger charge is 2.51. The van der Waals surface area contributed by atoms with E-state index in [0.29, 0.717) is 28.6 Å². The van der Waals surface area contributed by atoms with E-state index in [9.17, 15) is 9.59 Å². The normalized spacial score (nSPS) is 20.8. The first-order valence-corrected chi connectivity index (χ1v) is 10.2. The fourth-order valence-electron chi connectivity index (χ4n) is 4.22. The van der Waals surface area contributed by atoms with Crippen molar-refractivity contribution in [3.8, 4) is 23.0 Å². The van der Waals surface area contributed by atoms with Gasteiger partial charge in [0.05, 0.1) is 7.11 Å². The molecule has 0 aliphatic carbocycles. The van der Waals surface area contributed by atoms with E-state index in [1.54, 1.807) is 44.4 Å². The second-order valence-corrected chi connectivity index (χ2v) is 7.86. The van der Waals surface area contributed by atoms with Gasteiger partial charge in [0, 0.05) is 23.1 Å². The van der Waals surface area contributed by atoms with E-state index in [0.717, 1.165) is 11.1 Å². The second kappa shape index (κ2) is 7.60. The van der Waals surface area contributed by atoms with Crippen molar-refractivity contribution < 1.29 is 28.5 Å². The summed E-state index contributed by atoms with van der Waals surface area (Å²) in [5.41, 5.74) is 0.613. The number of benzene rings is 3. The number of hydrogen-bond acceptors (Lipinski definition) is 6. The highest BCUT2D eigenvalue weighted by molar-refractivity contribution is 5.99. The molecular weight excluding hydrogens is 410 g/mol. The number of methoxy groups -OCH3 is 1. The zero-order valence-electron chi connectivity index (χ0n) is 17.6. The van der Waals surface area contributed by atoms with Crippen LogP contribution in [-0.4, -0.2) is 31.3 Å². The third-order valence-electron chi connectivity index (χ3n) is 5.88. The van der Waals surface area contributed by atoms with E-state index in [1.807, 2.05) is 36.4 Å². The molecule has 3 aromatic carbocycles. The van der Waals surface area contributed by atoms with E-state index in [-0.39, 0.29) is 12.7 Å². The van der Waals surface area contributed by atoms with Crippen LogP contribution in [0.3, 0.4) is 0 Å². The summed E-state index contributed by atoms with van der Waals surface area (Å²) < 4.78 is 22.0. The Morgan fingerprint density at radius 2 is 1.69 bits per heavy atom. The summed E-state index contributed by atoms with van der Waals surface area (Å²) in [7, 11) is 1.59. The molecular formula is C25H21NO6. The number of carbonyl (C=O) groups is 2. The van der Waals surface area contributed by atoms with Gasteiger partial charge in [-0.1, -0.05) is 30.3 Å². The third-order valence-corrected chi connectivity index (χ3v) is 5.88. The molecule has 162 valence electrons.